The molecule has 164 valence electrons. The molecule has 3 atom stereocenters. The predicted molar refractivity (Wildman–Crippen MR) is 129 cm³/mol. The average Bonchev–Trinajstić information content (AvgIpc) is 3.15. The van der Waals surface area contributed by atoms with E-state index < -0.39 is 14.6 Å². The number of sulfone groups is 1. The van der Waals surface area contributed by atoms with Crippen molar-refractivity contribution in [1.82, 2.24) is 4.90 Å². The van der Waals surface area contributed by atoms with Crippen LogP contribution in [0.1, 0.15) is 24.0 Å². The quantitative estimate of drug-likeness (QED) is 0.486. The van der Waals surface area contributed by atoms with Crippen LogP contribution in [0.25, 0.3) is 0 Å². The Labute approximate surface area is 191 Å². The molecule has 1 aliphatic heterocycles. The maximum Gasteiger partial charge on any atom is 0.185 e. The van der Waals surface area contributed by atoms with Gasteiger partial charge >= 0.3 is 0 Å². The molecule has 0 amide bonds. The van der Waals surface area contributed by atoms with Crippen LogP contribution in [0.15, 0.2) is 108 Å². The highest BCUT2D eigenvalue weighted by Crippen LogP contribution is 2.49. The molecule has 3 aromatic rings. The summed E-state index contributed by atoms with van der Waals surface area (Å²) in [5.41, 5.74) is 2.47. The molecule has 3 nitrogen and oxygen atoms in total. The zero-order valence-electron chi connectivity index (χ0n) is 18.2. The third-order valence-electron chi connectivity index (χ3n) is 7.14. The summed E-state index contributed by atoms with van der Waals surface area (Å²) < 4.78 is 27.5. The molecular formula is C28H29NO2S. The fourth-order valence-electron chi connectivity index (χ4n) is 5.60. The third-order valence-corrected chi connectivity index (χ3v) is 9.71. The highest BCUT2D eigenvalue weighted by molar-refractivity contribution is 7.93. The molecule has 3 aromatic carbocycles. The van der Waals surface area contributed by atoms with Crippen LogP contribution in [0, 0.1) is 5.92 Å². The van der Waals surface area contributed by atoms with Crippen molar-refractivity contribution < 1.29 is 8.42 Å². The van der Waals surface area contributed by atoms with E-state index in [1.807, 2.05) is 30.3 Å². The van der Waals surface area contributed by atoms with E-state index in [1.54, 1.807) is 12.1 Å². The van der Waals surface area contributed by atoms with E-state index in [4.69, 9.17) is 0 Å². The first-order valence-corrected chi connectivity index (χ1v) is 12.9. The molecule has 1 fully saturated rings. The smallest absolute Gasteiger partial charge is 0.185 e. The van der Waals surface area contributed by atoms with E-state index in [0.29, 0.717) is 17.9 Å². The Kier molecular flexibility index (Phi) is 5.75. The van der Waals surface area contributed by atoms with Crippen LogP contribution in [-0.4, -0.2) is 30.7 Å². The molecule has 5 rings (SSSR count). The molecular weight excluding hydrogens is 414 g/mol. The lowest BCUT2D eigenvalue weighted by molar-refractivity contribution is 0.228. The zero-order valence-corrected chi connectivity index (χ0v) is 19.0. The van der Waals surface area contributed by atoms with Crippen molar-refractivity contribution >= 4 is 9.84 Å². The summed E-state index contributed by atoms with van der Waals surface area (Å²) in [5, 5.41) is 0. The largest absolute Gasteiger partial charge is 0.294 e. The van der Waals surface area contributed by atoms with E-state index in [9.17, 15) is 8.42 Å². The van der Waals surface area contributed by atoms with Gasteiger partial charge in [0.25, 0.3) is 0 Å². The number of nitrogens with zero attached hydrogens (tertiary/aromatic N) is 1. The minimum absolute atomic E-state index is 0.0367. The summed E-state index contributed by atoms with van der Waals surface area (Å²) in [6.45, 7) is 1.32. The van der Waals surface area contributed by atoms with Gasteiger partial charge in [0, 0.05) is 25.0 Å². The maximum absolute atomic E-state index is 14.1. The molecule has 0 saturated carbocycles. The molecule has 0 radical (unpaired) electrons. The first-order chi connectivity index (χ1) is 15.6. The van der Waals surface area contributed by atoms with Gasteiger partial charge < -0.3 is 0 Å². The van der Waals surface area contributed by atoms with Crippen LogP contribution in [0.3, 0.4) is 0 Å². The minimum Gasteiger partial charge on any atom is -0.294 e. The number of benzene rings is 3. The monoisotopic (exact) mass is 443 g/mol. The van der Waals surface area contributed by atoms with Crippen molar-refractivity contribution in [3.8, 4) is 0 Å². The highest BCUT2D eigenvalue weighted by atomic mass is 32.2. The van der Waals surface area contributed by atoms with Crippen molar-refractivity contribution in [2.75, 3.05) is 6.54 Å². The van der Waals surface area contributed by atoms with Gasteiger partial charge in [0.2, 0.25) is 0 Å². The number of rotatable bonds is 6. The lowest BCUT2D eigenvalue weighted by Crippen LogP contribution is -2.47. The van der Waals surface area contributed by atoms with Crippen LogP contribution < -0.4 is 0 Å². The van der Waals surface area contributed by atoms with Crippen molar-refractivity contribution in [2.24, 2.45) is 5.92 Å². The van der Waals surface area contributed by atoms with Crippen LogP contribution in [0.4, 0.5) is 0 Å². The Morgan fingerprint density at radius 3 is 2.06 bits per heavy atom. The van der Waals surface area contributed by atoms with Gasteiger partial charge in [-0.15, -0.1) is 0 Å². The lowest BCUT2D eigenvalue weighted by Gasteiger charge is -2.36. The van der Waals surface area contributed by atoms with Gasteiger partial charge in [-0.2, -0.15) is 0 Å². The number of fused-ring (bicyclic) bond motifs is 1. The average molecular weight is 444 g/mol. The lowest BCUT2D eigenvalue weighted by atomic mass is 9.80. The molecule has 32 heavy (non-hydrogen) atoms. The van der Waals surface area contributed by atoms with Crippen LogP contribution in [0.5, 0.6) is 0 Å². The molecule has 4 heteroatoms. The van der Waals surface area contributed by atoms with E-state index in [0.717, 1.165) is 19.4 Å². The Morgan fingerprint density at radius 2 is 1.41 bits per heavy atom. The summed E-state index contributed by atoms with van der Waals surface area (Å²) >= 11 is 0. The van der Waals surface area contributed by atoms with E-state index in [2.05, 4.69) is 65.6 Å². The van der Waals surface area contributed by atoms with Gasteiger partial charge in [-0.25, -0.2) is 8.42 Å². The Hall–Kier alpha value is -2.69. The molecule has 0 unspecified atom stereocenters. The van der Waals surface area contributed by atoms with Crippen LogP contribution in [-0.2, 0) is 22.8 Å². The Morgan fingerprint density at radius 1 is 0.812 bits per heavy atom. The summed E-state index contributed by atoms with van der Waals surface area (Å²) in [6, 6.07) is 30.1. The van der Waals surface area contributed by atoms with E-state index >= 15 is 0 Å². The third kappa shape index (κ3) is 3.72. The Bertz CT molecular complexity index is 1180. The van der Waals surface area contributed by atoms with Crippen LogP contribution in [0.2, 0.25) is 0 Å². The molecule has 0 bridgehead atoms. The second-order valence-corrected chi connectivity index (χ2v) is 11.3. The molecule has 1 aliphatic carbocycles. The first-order valence-electron chi connectivity index (χ1n) is 11.4. The number of hydrogen-bond donors (Lipinski definition) is 0. The van der Waals surface area contributed by atoms with Crippen molar-refractivity contribution in [2.45, 2.75) is 41.5 Å². The molecule has 0 spiro atoms. The van der Waals surface area contributed by atoms with Gasteiger partial charge in [-0.3, -0.25) is 4.90 Å². The van der Waals surface area contributed by atoms with E-state index in [1.165, 1.54) is 11.1 Å². The molecule has 1 heterocycles. The summed E-state index contributed by atoms with van der Waals surface area (Å²) in [5.74, 6) is -0.0367. The second kappa shape index (κ2) is 8.68. The topological polar surface area (TPSA) is 37.4 Å². The molecule has 1 saturated heterocycles. The summed E-state index contributed by atoms with van der Waals surface area (Å²) in [7, 11) is -3.50. The standard InChI is InChI=1S/C28H29NO2S/c30-32(31,25-16-8-3-9-17-25)28-19-11-10-18-26(28)27(20-23-12-4-1-5-13-23)29(22-28)21-24-14-6-2-7-15-24/h1-10,12-18,26-27H,11,19-22H2/t26-,27-,28-/m0/s1. The minimum atomic E-state index is -3.50. The summed E-state index contributed by atoms with van der Waals surface area (Å²) in [6.07, 6.45) is 6.70. The fourth-order valence-corrected chi connectivity index (χ4v) is 7.90. The van der Waals surface area contributed by atoms with Gasteiger partial charge in [-0.1, -0.05) is 91.0 Å². The Balaban J connectivity index is 1.58. The van der Waals surface area contributed by atoms with Gasteiger partial charge in [0.15, 0.2) is 9.84 Å². The zero-order chi connectivity index (χ0) is 22.0. The van der Waals surface area contributed by atoms with Gasteiger partial charge in [-0.05, 0) is 42.5 Å². The second-order valence-electron chi connectivity index (χ2n) is 9.02. The van der Waals surface area contributed by atoms with Crippen molar-refractivity contribution in [1.29, 1.82) is 0 Å². The summed E-state index contributed by atoms with van der Waals surface area (Å²) in [4.78, 5) is 2.86. The van der Waals surface area contributed by atoms with Crippen LogP contribution >= 0.6 is 0 Å². The molecule has 0 aromatic heterocycles. The van der Waals surface area contributed by atoms with E-state index in [-0.39, 0.29) is 12.0 Å². The number of hydrogen-bond acceptors (Lipinski definition) is 3. The maximum atomic E-state index is 14.1. The van der Waals surface area contributed by atoms with Gasteiger partial charge in [0.05, 0.1) is 9.64 Å². The molecule has 2 aliphatic rings. The SMILES string of the molecule is O=S(=O)(c1ccccc1)[C@]12CCC=C[C@H]1[C@H](Cc1ccccc1)N(Cc1ccccc1)C2. The highest BCUT2D eigenvalue weighted by Gasteiger charge is 2.59. The first kappa shape index (κ1) is 21.2. The van der Waals surface area contributed by atoms with Crippen molar-refractivity contribution in [3.05, 3.63) is 114 Å². The van der Waals surface area contributed by atoms with Crippen molar-refractivity contribution in [3.63, 3.8) is 0 Å². The molecule has 0 N–H and O–H groups in total. The number of likely N-dealkylation sites (tertiary alicyclic amines) is 1. The normalized spacial score (nSPS) is 25.5. The van der Waals surface area contributed by atoms with Gasteiger partial charge in [0.1, 0.15) is 0 Å². The number of allylic oxidation sites excluding steroid dienone is 1. The predicted octanol–water partition coefficient (Wildman–Crippen LogP) is 5.29. The fraction of sp³-hybridized carbons (Fsp3) is 0.286.